The number of pyridine rings is 1. The Balaban J connectivity index is 1.46. The molecule has 6 heteroatoms. The van der Waals surface area contributed by atoms with E-state index in [1.165, 1.54) is 12.8 Å². The van der Waals surface area contributed by atoms with Crippen molar-refractivity contribution in [3.05, 3.63) is 53.2 Å². The number of rotatable bonds is 6. The van der Waals surface area contributed by atoms with Crippen LogP contribution >= 0.6 is 0 Å². The van der Waals surface area contributed by atoms with Gasteiger partial charge in [-0.05, 0) is 62.4 Å². The van der Waals surface area contributed by atoms with E-state index in [2.05, 4.69) is 20.9 Å². The minimum Gasteiger partial charge on any atom is -0.367 e. The summed E-state index contributed by atoms with van der Waals surface area (Å²) >= 11 is 0. The van der Waals surface area contributed by atoms with Gasteiger partial charge in [0.05, 0.1) is 0 Å². The second kappa shape index (κ2) is 8.00. The second-order valence-corrected chi connectivity index (χ2v) is 7.79. The molecule has 0 atom stereocenters. The number of nitrogens with zero attached hydrogens (tertiary/aromatic N) is 1. The monoisotopic (exact) mass is 378 g/mol. The molecule has 1 aromatic heterocycles. The summed E-state index contributed by atoms with van der Waals surface area (Å²) < 4.78 is 0. The van der Waals surface area contributed by atoms with E-state index in [0.29, 0.717) is 28.9 Å². The van der Waals surface area contributed by atoms with Gasteiger partial charge in [-0.1, -0.05) is 18.9 Å². The van der Waals surface area contributed by atoms with Crippen molar-refractivity contribution in [1.29, 1.82) is 0 Å². The van der Waals surface area contributed by atoms with E-state index in [-0.39, 0.29) is 11.8 Å². The van der Waals surface area contributed by atoms with E-state index in [9.17, 15) is 9.59 Å². The zero-order chi connectivity index (χ0) is 19.5. The Morgan fingerprint density at radius 1 is 0.929 bits per heavy atom. The van der Waals surface area contributed by atoms with Gasteiger partial charge in [0.25, 0.3) is 11.8 Å². The third-order valence-electron chi connectivity index (χ3n) is 5.39. The van der Waals surface area contributed by atoms with Crippen LogP contribution in [0.25, 0.3) is 0 Å². The maximum atomic E-state index is 12.8. The number of nitrogens with one attached hydrogen (secondary N) is 3. The molecule has 2 aliphatic rings. The first-order valence-corrected chi connectivity index (χ1v) is 10.0. The molecule has 0 radical (unpaired) electrons. The van der Waals surface area contributed by atoms with Crippen LogP contribution in [0.3, 0.4) is 0 Å². The third-order valence-corrected chi connectivity index (χ3v) is 5.39. The lowest BCUT2D eigenvalue weighted by molar-refractivity contribution is 0.0949. The van der Waals surface area contributed by atoms with E-state index in [1.54, 1.807) is 30.5 Å². The molecule has 2 aliphatic carbocycles. The summed E-state index contributed by atoms with van der Waals surface area (Å²) in [5.41, 5.74) is 2.67. The van der Waals surface area contributed by atoms with Crippen LogP contribution in [0.5, 0.6) is 0 Å². The molecule has 0 saturated heterocycles. The smallest absolute Gasteiger partial charge is 0.255 e. The number of carbonyl (C=O) groups is 2. The van der Waals surface area contributed by atoms with Crippen molar-refractivity contribution in [1.82, 2.24) is 10.3 Å². The van der Waals surface area contributed by atoms with Crippen molar-refractivity contribution in [2.45, 2.75) is 57.5 Å². The summed E-state index contributed by atoms with van der Waals surface area (Å²) in [7, 11) is 0. The van der Waals surface area contributed by atoms with Gasteiger partial charge in [-0.15, -0.1) is 0 Å². The zero-order valence-electron chi connectivity index (χ0n) is 16.1. The first kappa shape index (κ1) is 18.5. The van der Waals surface area contributed by atoms with Crippen molar-refractivity contribution in [3.8, 4) is 0 Å². The van der Waals surface area contributed by atoms with Gasteiger partial charge in [-0.2, -0.15) is 0 Å². The fourth-order valence-electron chi connectivity index (χ4n) is 3.52. The zero-order valence-corrected chi connectivity index (χ0v) is 16.1. The number of hydrogen-bond donors (Lipinski definition) is 3. The van der Waals surface area contributed by atoms with Crippen LogP contribution < -0.4 is 16.0 Å². The van der Waals surface area contributed by atoms with Gasteiger partial charge in [0, 0.05) is 35.1 Å². The van der Waals surface area contributed by atoms with Crippen LogP contribution in [-0.4, -0.2) is 28.9 Å². The molecule has 2 fully saturated rings. The van der Waals surface area contributed by atoms with Gasteiger partial charge in [-0.3, -0.25) is 9.59 Å². The van der Waals surface area contributed by atoms with E-state index >= 15 is 0 Å². The number of benzene rings is 1. The van der Waals surface area contributed by atoms with Crippen molar-refractivity contribution >= 4 is 23.3 Å². The van der Waals surface area contributed by atoms with Gasteiger partial charge in [0.2, 0.25) is 0 Å². The molecule has 1 heterocycles. The Kier molecular flexibility index (Phi) is 5.28. The highest BCUT2D eigenvalue weighted by molar-refractivity contribution is 6.06. The first-order chi connectivity index (χ1) is 13.6. The van der Waals surface area contributed by atoms with Crippen molar-refractivity contribution < 1.29 is 9.59 Å². The lowest BCUT2D eigenvalue weighted by Gasteiger charge is -2.14. The molecule has 28 heavy (non-hydrogen) atoms. The maximum Gasteiger partial charge on any atom is 0.255 e. The van der Waals surface area contributed by atoms with E-state index in [4.69, 9.17) is 0 Å². The summed E-state index contributed by atoms with van der Waals surface area (Å²) in [6.07, 6.45) is 8.50. The Labute approximate surface area is 165 Å². The van der Waals surface area contributed by atoms with Crippen LogP contribution in [0.1, 0.15) is 64.8 Å². The quantitative estimate of drug-likeness (QED) is 0.712. The number of anilines is 2. The summed E-state index contributed by atoms with van der Waals surface area (Å²) in [6, 6.07) is 9.62. The molecule has 146 valence electrons. The summed E-state index contributed by atoms with van der Waals surface area (Å²) in [6.45, 7) is 1.91. The van der Waals surface area contributed by atoms with Crippen LogP contribution in [0.2, 0.25) is 0 Å². The summed E-state index contributed by atoms with van der Waals surface area (Å²) in [5.74, 6) is 0.429. The molecule has 0 aliphatic heterocycles. The number of aromatic nitrogens is 1. The molecule has 0 unspecified atom stereocenters. The molecular weight excluding hydrogens is 352 g/mol. The van der Waals surface area contributed by atoms with Crippen LogP contribution in [0.15, 0.2) is 36.5 Å². The molecule has 3 N–H and O–H groups in total. The molecule has 2 aromatic rings. The normalized spacial score (nSPS) is 16.6. The van der Waals surface area contributed by atoms with Crippen molar-refractivity contribution in [2.75, 3.05) is 10.6 Å². The second-order valence-electron chi connectivity index (χ2n) is 7.79. The van der Waals surface area contributed by atoms with Crippen LogP contribution in [0, 0.1) is 6.92 Å². The fraction of sp³-hybridized carbons (Fsp3) is 0.409. The van der Waals surface area contributed by atoms with Crippen molar-refractivity contribution in [2.24, 2.45) is 0 Å². The van der Waals surface area contributed by atoms with E-state index < -0.39 is 0 Å². The first-order valence-electron chi connectivity index (χ1n) is 10.0. The topological polar surface area (TPSA) is 83.1 Å². The van der Waals surface area contributed by atoms with Gasteiger partial charge in [0.1, 0.15) is 5.82 Å². The van der Waals surface area contributed by atoms with Crippen LogP contribution in [-0.2, 0) is 0 Å². The molecule has 4 rings (SSSR count). The fourth-order valence-corrected chi connectivity index (χ4v) is 3.52. The minimum absolute atomic E-state index is 0.0926. The highest BCUT2D eigenvalue weighted by Crippen LogP contribution is 2.23. The third kappa shape index (κ3) is 4.50. The SMILES string of the molecule is Cc1ccc(C(=O)NC2CC2)cc1NC(=O)c1ccnc(NC2CCCC2)c1. The highest BCUT2D eigenvalue weighted by Gasteiger charge is 2.24. The molecule has 2 saturated carbocycles. The molecule has 0 spiro atoms. The lowest BCUT2D eigenvalue weighted by Crippen LogP contribution is -2.25. The molecular formula is C22H26N4O2. The average Bonchev–Trinajstić information content (AvgIpc) is 3.36. The number of carbonyl (C=O) groups excluding carboxylic acids is 2. The van der Waals surface area contributed by atoms with E-state index in [1.807, 2.05) is 13.0 Å². The van der Waals surface area contributed by atoms with Gasteiger partial charge in [-0.25, -0.2) is 4.98 Å². The van der Waals surface area contributed by atoms with Gasteiger partial charge < -0.3 is 16.0 Å². The Morgan fingerprint density at radius 2 is 1.68 bits per heavy atom. The summed E-state index contributed by atoms with van der Waals surface area (Å²) in [5, 5.41) is 9.33. The standard InChI is InChI=1S/C22H26N4O2/c1-14-6-7-15(21(27)25-18-8-9-18)12-19(14)26-22(28)16-10-11-23-20(13-16)24-17-4-2-3-5-17/h6-7,10-13,17-18H,2-5,8-9H2,1H3,(H,23,24)(H,25,27)(H,26,28). The predicted octanol–water partition coefficient (Wildman–Crippen LogP) is 3.89. The maximum absolute atomic E-state index is 12.8. The highest BCUT2D eigenvalue weighted by atomic mass is 16.2. The minimum atomic E-state index is -0.209. The molecule has 0 bridgehead atoms. The predicted molar refractivity (Wildman–Crippen MR) is 110 cm³/mol. The summed E-state index contributed by atoms with van der Waals surface area (Å²) in [4.78, 5) is 29.4. The largest absolute Gasteiger partial charge is 0.367 e. The molecule has 6 nitrogen and oxygen atoms in total. The van der Waals surface area contributed by atoms with Gasteiger partial charge >= 0.3 is 0 Å². The average molecular weight is 378 g/mol. The number of aryl methyl sites for hydroxylation is 1. The Morgan fingerprint density at radius 3 is 2.43 bits per heavy atom. The lowest BCUT2D eigenvalue weighted by atomic mass is 10.1. The molecule has 2 amide bonds. The molecule has 1 aromatic carbocycles. The van der Waals surface area contributed by atoms with E-state index in [0.717, 1.165) is 37.1 Å². The number of hydrogen-bond acceptors (Lipinski definition) is 4. The Bertz CT molecular complexity index is 886. The Hall–Kier alpha value is -2.89. The van der Waals surface area contributed by atoms with Crippen LogP contribution in [0.4, 0.5) is 11.5 Å². The van der Waals surface area contributed by atoms with Crippen molar-refractivity contribution in [3.63, 3.8) is 0 Å². The van der Waals surface area contributed by atoms with Gasteiger partial charge in [0.15, 0.2) is 0 Å². The number of amides is 2.